The maximum Gasteiger partial charge on any atom is 0.228 e. The summed E-state index contributed by atoms with van der Waals surface area (Å²) in [5.41, 5.74) is 3.44. The fraction of sp³-hybridized carbons (Fsp3) is 0.500. The van der Waals surface area contributed by atoms with Crippen molar-refractivity contribution in [2.75, 3.05) is 5.32 Å². The molecule has 0 bridgehead atoms. The van der Waals surface area contributed by atoms with Crippen LogP contribution in [0.15, 0.2) is 30.3 Å². The van der Waals surface area contributed by atoms with Crippen LogP contribution in [0.25, 0.3) is 0 Å². The minimum atomic E-state index is 0.0276. The number of amides is 1. The van der Waals surface area contributed by atoms with E-state index >= 15 is 0 Å². The lowest BCUT2D eigenvalue weighted by molar-refractivity contribution is -0.117. The van der Waals surface area contributed by atoms with Gasteiger partial charge in [-0.1, -0.05) is 57.5 Å². The highest BCUT2D eigenvalue weighted by Gasteiger charge is 2.44. The molecule has 1 N–H and O–H groups in total. The van der Waals surface area contributed by atoms with Gasteiger partial charge in [-0.05, 0) is 54.1 Å². The van der Waals surface area contributed by atoms with Gasteiger partial charge in [-0.25, -0.2) is 0 Å². The quantitative estimate of drug-likeness (QED) is 0.688. The average Bonchev–Trinajstić information content (AvgIpc) is 3.44. The maximum absolute atomic E-state index is 12.8. The SMILES string of the molecule is CCC(C)(C)[C@@H]1CCc2c(sc(NC(=O)[C@H]3C[C@@H]3c3ccccc3)c2C#N)C1. The number of anilines is 1. The van der Waals surface area contributed by atoms with Gasteiger partial charge in [0.05, 0.1) is 5.56 Å². The number of fused-ring (bicyclic) bond motifs is 1. The van der Waals surface area contributed by atoms with Crippen LogP contribution in [0, 0.1) is 28.6 Å². The molecule has 2 aromatic rings. The zero-order valence-corrected chi connectivity index (χ0v) is 17.7. The second kappa shape index (κ2) is 7.37. The van der Waals surface area contributed by atoms with Crippen molar-refractivity contribution in [1.29, 1.82) is 5.26 Å². The molecule has 2 aliphatic carbocycles. The molecule has 1 heterocycles. The van der Waals surface area contributed by atoms with Crippen molar-refractivity contribution in [2.45, 2.75) is 58.8 Å². The number of benzene rings is 1. The summed E-state index contributed by atoms with van der Waals surface area (Å²) in [4.78, 5) is 14.1. The number of carbonyl (C=O) groups excluding carboxylic acids is 1. The van der Waals surface area contributed by atoms with E-state index < -0.39 is 0 Å². The molecule has 1 saturated carbocycles. The highest BCUT2D eigenvalue weighted by Crippen LogP contribution is 2.49. The number of rotatable bonds is 5. The van der Waals surface area contributed by atoms with Crippen LogP contribution in [0.1, 0.15) is 67.5 Å². The number of carbonyl (C=O) groups is 1. The monoisotopic (exact) mass is 392 g/mol. The Bertz CT molecular complexity index is 922. The minimum Gasteiger partial charge on any atom is -0.316 e. The van der Waals surface area contributed by atoms with Crippen LogP contribution >= 0.6 is 11.3 Å². The number of hydrogen-bond donors (Lipinski definition) is 1. The zero-order valence-electron chi connectivity index (χ0n) is 16.9. The first-order chi connectivity index (χ1) is 13.4. The number of thiophene rings is 1. The van der Waals surface area contributed by atoms with Gasteiger partial charge in [0.1, 0.15) is 11.1 Å². The van der Waals surface area contributed by atoms with Gasteiger partial charge in [0.2, 0.25) is 5.91 Å². The molecule has 146 valence electrons. The third-order valence-corrected chi connectivity index (χ3v) is 8.15. The molecule has 1 fully saturated rings. The van der Waals surface area contributed by atoms with Crippen LogP contribution in [0.2, 0.25) is 0 Å². The van der Waals surface area contributed by atoms with Gasteiger partial charge in [0.25, 0.3) is 0 Å². The molecule has 28 heavy (non-hydrogen) atoms. The van der Waals surface area contributed by atoms with Crippen molar-refractivity contribution in [3.8, 4) is 6.07 Å². The largest absolute Gasteiger partial charge is 0.316 e. The van der Waals surface area contributed by atoms with E-state index in [0.717, 1.165) is 37.1 Å². The zero-order chi connectivity index (χ0) is 19.9. The van der Waals surface area contributed by atoms with E-state index in [1.165, 1.54) is 16.0 Å². The highest BCUT2D eigenvalue weighted by molar-refractivity contribution is 7.16. The predicted octanol–water partition coefficient (Wildman–Crippen LogP) is 5.90. The topological polar surface area (TPSA) is 52.9 Å². The molecular weight excluding hydrogens is 364 g/mol. The van der Waals surface area contributed by atoms with Crippen molar-refractivity contribution in [3.63, 3.8) is 0 Å². The number of hydrogen-bond acceptors (Lipinski definition) is 3. The lowest BCUT2D eigenvalue weighted by Gasteiger charge is -2.36. The second-order valence-electron chi connectivity index (χ2n) is 8.95. The molecule has 1 aromatic carbocycles. The van der Waals surface area contributed by atoms with Gasteiger partial charge in [-0.15, -0.1) is 11.3 Å². The lowest BCUT2D eigenvalue weighted by Crippen LogP contribution is -2.28. The molecule has 0 spiro atoms. The van der Waals surface area contributed by atoms with Crippen LogP contribution in [-0.4, -0.2) is 5.91 Å². The van der Waals surface area contributed by atoms with E-state index in [0.29, 0.717) is 22.8 Å². The van der Waals surface area contributed by atoms with Gasteiger partial charge in [-0.3, -0.25) is 4.79 Å². The third-order valence-electron chi connectivity index (χ3n) is 6.99. The maximum atomic E-state index is 12.8. The summed E-state index contributed by atoms with van der Waals surface area (Å²) in [5, 5.41) is 13.6. The van der Waals surface area contributed by atoms with Crippen molar-refractivity contribution < 1.29 is 4.79 Å². The van der Waals surface area contributed by atoms with Gasteiger partial charge in [-0.2, -0.15) is 5.26 Å². The Kier molecular flexibility index (Phi) is 5.05. The van der Waals surface area contributed by atoms with E-state index in [1.54, 1.807) is 11.3 Å². The molecule has 3 atom stereocenters. The van der Waals surface area contributed by atoms with Crippen LogP contribution in [0.4, 0.5) is 5.00 Å². The van der Waals surface area contributed by atoms with E-state index in [4.69, 9.17) is 0 Å². The van der Waals surface area contributed by atoms with Crippen LogP contribution < -0.4 is 5.32 Å². The van der Waals surface area contributed by atoms with Gasteiger partial charge < -0.3 is 5.32 Å². The van der Waals surface area contributed by atoms with E-state index in [2.05, 4.69) is 44.3 Å². The molecule has 3 nitrogen and oxygen atoms in total. The predicted molar refractivity (Wildman–Crippen MR) is 115 cm³/mol. The fourth-order valence-electron chi connectivity index (χ4n) is 4.51. The van der Waals surface area contributed by atoms with Gasteiger partial charge >= 0.3 is 0 Å². The summed E-state index contributed by atoms with van der Waals surface area (Å²) in [5.74, 6) is 1.05. The summed E-state index contributed by atoms with van der Waals surface area (Å²) in [6.45, 7) is 6.96. The van der Waals surface area contributed by atoms with Crippen LogP contribution in [0.3, 0.4) is 0 Å². The van der Waals surface area contributed by atoms with E-state index in [9.17, 15) is 10.1 Å². The normalized spacial score (nSPS) is 23.6. The molecule has 1 aromatic heterocycles. The van der Waals surface area contributed by atoms with Crippen molar-refractivity contribution in [3.05, 3.63) is 51.9 Å². The summed E-state index contributed by atoms with van der Waals surface area (Å²) in [6.07, 6.45) is 5.17. The Hall–Kier alpha value is -2.12. The number of nitrogens with one attached hydrogen (secondary N) is 1. The summed E-state index contributed by atoms with van der Waals surface area (Å²) >= 11 is 1.63. The molecular formula is C24H28N2OS. The van der Waals surface area contributed by atoms with Crippen LogP contribution in [-0.2, 0) is 17.6 Å². The average molecular weight is 393 g/mol. The lowest BCUT2D eigenvalue weighted by atomic mass is 9.69. The van der Waals surface area contributed by atoms with E-state index in [1.807, 2.05) is 18.2 Å². The highest BCUT2D eigenvalue weighted by atomic mass is 32.1. The Balaban J connectivity index is 1.49. The first-order valence-electron chi connectivity index (χ1n) is 10.3. The molecule has 4 rings (SSSR count). The first kappa shape index (κ1) is 19.2. The van der Waals surface area contributed by atoms with Crippen molar-refractivity contribution >= 4 is 22.2 Å². The summed E-state index contributed by atoms with van der Waals surface area (Å²) in [7, 11) is 0. The molecule has 0 radical (unpaired) electrons. The Morgan fingerprint density at radius 1 is 1.32 bits per heavy atom. The molecule has 1 amide bonds. The third kappa shape index (κ3) is 3.49. The fourth-order valence-corrected chi connectivity index (χ4v) is 5.79. The molecule has 0 saturated heterocycles. The summed E-state index contributed by atoms with van der Waals surface area (Å²) < 4.78 is 0. The second-order valence-corrected chi connectivity index (χ2v) is 10.1. The molecule has 4 heteroatoms. The van der Waals surface area contributed by atoms with Crippen molar-refractivity contribution in [2.24, 2.45) is 17.3 Å². The standard InChI is InChI=1S/C24H28N2OS/c1-4-24(2,3)16-10-11-17-20(14-25)23(28-21(17)12-16)26-22(27)19-13-18(19)15-8-6-5-7-9-15/h5-9,16,18-19H,4,10-13H2,1-3H3,(H,26,27)/t16-,18-,19+/m1/s1. The van der Waals surface area contributed by atoms with Gasteiger partial charge in [0, 0.05) is 10.8 Å². The molecule has 0 aliphatic heterocycles. The minimum absolute atomic E-state index is 0.0276. The smallest absolute Gasteiger partial charge is 0.228 e. The first-order valence-corrected chi connectivity index (χ1v) is 11.2. The Morgan fingerprint density at radius 3 is 2.75 bits per heavy atom. The van der Waals surface area contributed by atoms with Crippen molar-refractivity contribution in [1.82, 2.24) is 0 Å². The number of nitrogens with zero attached hydrogens (tertiary/aromatic N) is 1. The van der Waals surface area contributed by atoms with Crippen LogP contribution in [0.5, 0.6) is 0 Å². The molecule has 0 unspecified atom stereocenters. The number of nitriles is 1. The Morgan fingerprint density at radius 2 is 2.07 bits per heavy atom. The van der Waals surface area contributed by atoms with E-state index in [-0.39, 0.29) is 11.8 Å². The summed E-state index contributed by atoms with van der Waals surface area (Å²) in [6, 6.07) is 12.6. The van der Waals surface area contributed by atoms with Gasteiger partial charge in [0.15, 0.2) is 0 Å². The Labute approximate surface area is 171 Å². The molecule has 2 aliphatic rings.